The quantitative estimate of drug-likeness (QED) is 0.343. The van der Waals surface area contributed by atoms with Crippen LogP contribution in [0.15, 0.2) is 83.4 Å². The lowest BCUT2D eigenvalue weighted by molar-refractivity contribution is -0.117. The summed E-state index contributed by atoms with van der Waals surface area (Å²) in [7, 11) is 1.50. The summed E-state index contributed by atoms with van der Waals surface area (Å²) in [6.45, 7) is 1.92. The van der Waals surface area contributed by atoms with E-state index in [0.717, 1.165) is 11.1 Å². The van der Waals surface area contributed by atoms with Gasteiger partial charge < -0.3 is 10.1 Å². The highest BCUT2D eigenvalue weighted by Gasteiger charge is 2.40. The van der Waals surface area contributed by atoms with E-state index >= 15 is 0 Å². The van der Waals surface area contributed by atoms with Gasteiger partial charge in [-0.05, 0) is 54.8 Å². The fraction of sp³-hybridized carbons (Fsp3) is 0.148. The first-order chi connectivity index (χ1) is 16.9. The second-order valence-electron chi connectivity index (χ2n) is 7.85. The van der Waals surface area contributed by atoms with Gasteiger partial charge in [0.25, 0.3) is 5.91 Å². The second kappa shape index (κ2) is 10.7. The number of aryl methyl sites for hydroxylation is 1. The fourth-order valence-electron chi connectivity index (χ4n) is 3.71. The molecule has 1 unspecified atom stereocenters. The monoisotopic (exact) mass is 503 g/mol. The summed E-state index contributed by atoms with van der Waals surface area (Å²) < 4.78 is 5.30. The normalized spacial score (nSPS) is 16.6. The van der Waals surface area contributed by atoms with Gasteiger partial charge in [0.15, 0.2) is 0 Å². The van der Waals surface area contributed by atoms with Crippen LogP contribution in [0.3, 0.4) is 0 Å². The molecule has 1 heterocycles. The van der Waals surface area contributed by atoms with Crippen LogP contribution in [0.1, 0.15) is 11.1 Å². The third-order valence-electron chi connectivity index (χ3n) is 5.53. The molecule has 4 rings (SSSR count). The van der Waals surface area contributed by atoms with E-state index < -0.39 is 11.2 Å². The number of methoxy groups -OCH3 is 1. The van der Waals surface area contributed by atoms with Gasteiger partial charge in [-0.15, -0.1) is 0 Å². The number of rotatable bonds is 6. The predicted octanol–water partition coefficient (Wildman–Crippen LogP) is 5.72. The lowest BCUT2D eigenvalue weighted by Gasteiger charge is -2.19. The van der Waals surface area contributed by atoms with Crippen molar-refractivity contribution in [3.8, 4) is 11.8 Å². The number of nitriles is 1. The molecule has 1 aliphatic rings. The van der Waals surface area contributed by atoms with Crippen molar-refractivity contribution in [1.82, 2.24) is 0 Å². The number of para-hydroxylation sites is 3. The number of hydrogen-bond acceptors (Lipinski definition) is 5. The molecular weight excluding hydrogens is 482 g/mol. The van der Waals surface area contributed by atoms with Crippen LogP contribution in [-0.4, -0.2) is 24.2 Å². The highest BCUT2D eigenvalue weighted by Crippen LogP contribution is 2.42. The summed E-state index contributed by atoms with van der Waals surface area (Å²) in [5.74, 6) is -0.356. The molecule has 0 spiro atoms. The van der Waals surface area contributed by atoms with Gasteiger partial charge in [0.1, 0.15) is 22.4 Å². The van der Waals surface area contributed by atoms with E-state index in [-0.39, 0.29) is 11.5 Å². The van der Waals surface area contributed by atoms with E-state index in [2.05, 4.69) is 5.32 Å². The van der Waals surface area contributed by atoms with E-state index in [9.17, 15) is 14.9 Å². The van der Waals surface area contributed by atoms with E-state index in [1.165, 1.54) is 23.8 Å². The maximum Gasteiger partial charge on any atom is 0.269 e. The van der Waals surface area contributed by atoms with E-state index in [4.69, 9.17) is 16.3 Å². The number of halogens is 1. The number of carbonyl (C=O) groups excluding carboxylic acids is 2. The van der Waals surface area contributed by atoms with Crippen molar-refractivity contribution in [2.24, 2.45) is 0 Å². The Kier molecular flexibility index (Phi) is 7.45. The SMILES string of the molecule is COc1ccccc1NC(=O)C(C#N)=C1SC(Cc2ccc(C)c(Cl)c2)C(=O)N1c1ccccc1. The Morgan fingerprint density at radius 3 is 2.54 bits per heavy atom. The van der Waals surface area contributed by atoms with Crippen LogP contribution in [0, 0.1) is 18.3 Å². The molecule has 6 nitrogen and oxygen atoms in total. The molecule has 0 aliphatic carbocycles. The average molecular weight is 504 g/mol. The van der Waals surface area contributed by atoms with Crippen LogP contribution in [0.2, 0.25) is 5.02 Å². The number of hydrogen-bond donors (Lipinski definition) is 1. The highest BCUT2D eigenvalue weighted by atomic mass is 35.5. The zero-order chi connectivity index (χ0) is 24.9. The predicted molar refractivity (Wildman–Crippen MR) is 139 cm³/mol. The topological polar surface area (TPSA) is 82.4 Å². The zero-order valence-corrected chi connectivity index (χ0v) is 20.7. The highest BCUT2D eigenvalue weighted by molar-refractivity contribution is 8.05. The third-order valence-corrected chi connectivity index (χ3v) is 7.20. The number of benzene rings is 3. The zero-order valence-electron chi connectivity index (χ0n) is 19.1. The van der Waals surface area contributed by atoms with E-state index in [1.807, 2.05) is 37.3 Å². The minimum atomic E-state index is -0.618. The van der Waals surface area contributed by atoms with Gasteiger partial charge >= 0.3 is 0 Å². The maximum atomic E-state index is 13.6. The smallest absolute Gasteiger partial charge is 0.269 e. The number of amides is 2. The molecule has 176 valence electrons. The second-order valence-corrected chi connectivity index (χ2v) is 9.45. The van der Waals surface area contributed by atoms with Crippen LogP contribution >= 0.6 is 23.4 Å². The summed E-state index contributed by atoms with van der Waals surface area (Å²) in [5.41, 5.74) is 2.72. The molecule has 1 atom stereocenters. The van der Waals surface area contributed by atoms with Crippen molar-refractivity contribution < 1.29 is 14.3 Å². The molecule has 35 heavy (non-hydrogen) atoms. The van der Waals surface area contributed by atoms with Gasteiger partial charge in [0, 0.05) is 10.7 Å². The van der Waals surface area contributed by atoms with Crippen molar-refractivity contribution >= 4 is 46.6 Å². The Morgan fingerprint density at radius 1 is 1.14 bits per heavy atom. The summed E-state index contributed by atoms with van der Waals surface area (Å²) in [6.07, 6.45) is 0.406. The minimum absolute atomic E-state index is 0.150. The fourth-order valence-corrected chi connectivity index (χ4v) is 5.22. The van der Waals surface area contributed by atoms with Crippen LogP contribution in [0.5, 0.6) is 5.75 Å². The van der Waals surface area contributed by atoms with Crippen LogP contribution in [0.4, 0.5) is 11.4 Å². The standard InChI is InChI=1S/C27H22ClN3O3S/c1-17-12-13-18(14-21(17)28)15-24-26(33)31(19-8-4-3-5-9-19)27(35-24)20(16-29)25(32)30-22-10-6-7-11-23(22)34-2/h3-14,24H,15H2,1-2H3,(H,30,32). The van der Waals surface area contributed by atoms with Crippen LogP contribution in [0.25, 0.3) is 0 Å². The van der Waals surface area contributed by atoms with Crippen molar-refractivity contribution in [3.05, 3.63) is 99.5 Å². The molecule has 1 N–H and O–H groups in total. The Balaban J connectivity index is 1.72. The Bertz CT molecular complexity index is 1350. The largest absolute Gasteiger partial charge is 0.495 e. The van der Waals surface area contributed by atoms with Crippen molar-refractivity contribution in [3.63, 3.8) is 0 Å². The first kappa shape index (κ1) is 24.4. The van der Waals surface area contributed by atoms with Gasteiger partial charge in [0.2, 0.25) is 5.91 Å². The number of thioether (sulfide) groups is 1. The molecule has 0 bridgehead atoms. The summed E-state index contributed by atoms with van der Waals surface area (Å²) >= 11 is 7.49. The Morgan fingerprint density at radius 2 is 1.86 bits per heavy atom. The van der Waals surface area contributed by atoms with E-state index in [0.29, 0.717) is 33.6 Å². The van der Waals surface area contributed by atoms with Gasteiger partial charge in [-0.25, -0.2) is 0 Å². The van der Waals surface area contributed by atoms with Crippen molar-refractivity contribution in [2.45, 2.75) is 18.6 Å². The van der Waals surface area contributed by atoms with E-state index in [1.54, 1.807) is 48.5 Å². The van der Waals surface area contributed by atoms with Crippen molar-refractivity contribution in [2.75, 3.05) is 17.3 Å². The lowest BCUT2D eigenvalue weighted by Crippen LogP contribution is -2.30. The average Bonchev–Trinajstić information content (AvgIpc) is 3.18. The molecule has 3 aromatic carbocycles. The summed E-state index contributed by atoms with van der Waals surface area (Å²) in [6, 6.07) is 23.6. The first-order valence-electron chi connectivity index (χ1n) is 10.8. The lowest BCUT2D eigenvalue weighted by atomic mass is 10.1. The van der Waals surface area contributed by atoms with Gasteiger partial charge in [-0.2, -0.15) is 5.26 Å². The van der Waals surface area contributed by atoms with Gasteiger partial charge in [-0.3, -0.25) is 14.5 Å². The molecule has 1 saturated heterocycles. The molecule has 1 aliphatic heterocycles. The number of carbonyl (C=O) groups is 2. The third kappa shape index (κ3) is 5.19. The minimum Gasteiger partial charge on any atom is -0.495 e. The Hall–Kier alpha value is -3.73. The number of ether oxygens (including phenoxy) is 1. The van der Waals surface area contributed by atoms with Crippen molar-refractivity contribution in [1.29, 1.82) is 5.26 Å². The maximum absolute atomic E-state index is 13.6. The molecular formula is C27H22ClN3O3S. The molecule has 0 saturated carbocycles. The number of nitrogens with one attached hydrogen (secondary N) is 1. The molecule has 2 amide bonds. The number of nitrogens with zero attached hydrogens (tertiary/aromatic N) is 2. The molecule has 0 radical (unpaired) electrons. The molecule has 1 fully saturated rings. The molecule has 8 heteroatoms. The summed E-state index contributed by atoms with van der Waals surface area (Å²) in [5, 5.41) is 13.1. The molecule has 3 aromatic rings. The Labute approximate surface area is 213 Å². The van der Waals surface area contributed by atoms with Gasteiger partial charge in [0.05, 0.1) is 18.0 Å². The molecule has 0 aromatic heterocycles. The number of anilines is 2. The first-order valence-corrected chi connectivity index (χ1v) is 12.1. The summed E-state index contributed by atoms with van der Waals surface area (Å²) in [4.78, 5) is 28.2. The van der Waals surface area contributed by atoms with Crippen LogP contribution < -0.4 is 15.0 Å². The van der Waals surface area contributed by atoms with Gasteiger partial charge in [-0.1, -0.05) is 65.8 Å². The van der Waals surface area contributed by atoms with Crippen LogP contribution in [-0.2, 0) is 16.0 Å².